The van der Waals surface area contributed by atoms with Gasteiger partial charge in [-0.25, -0.2) is 8.42 Å². The number of amides is 1. The Labute approximate surface area is 185 Å². The summed E-state index contributed by atoms with van der Waals surface area (Å²) in [7, 11) is -3.63. The van der Waals surface area contributed by atoms with Crippen LogP contribution >= 0.6 is 0 Å². The molecule has 0 unspecified atom stereocenters. The minimum absolute atomic E-state index is 0.142. The van der Waals surface area contributed by atoms with Crippen molar-refractivity contribution in [1.82, 2.24) is 4.31 Å². The molecular formula is C24H32N2O4S. The Bertz CT molecular complexity index is 1030. The fourth-order valence-electron chi connectivity index (χ4n) is 4.04. The predicted molar refractivity (Wildman–Crippen MR) is 123 cm³/mol. The summed E-state index contributed by atoms with van der Waals surface area (Å²) in [5.41, 5.74) is 4.04. The summed E-state index contributed by atoms with van der Waals surface area (Å²) < 4.78 is 32.8. The standard InChI is InChI=1S/C24H32N2O4S/c1-4-26(5-2)31(28,29)21-13-14-23(30-6-3)22(17-21)25-24(27)16-18-11-12-19-9-7-8-10-20(19)15-18/h11-15,17H,4-10,16H2,1-3H3,(H,25,27). The summed E-state index contributed by atoms with van der Waals surface area (Å²) in [5, 5.41) is 2.86. The van der Waals surface area contributed by atoms with E-state index in [2.05, 4.69) is 17.4 Å². The molecule has 0 aromatic heterocycles. The lowest BCUT2D eigenvalue weighted by Gasteiger charge is -2.20. The Morgan fingerprint density at radius 2 is 1.71 bits per heavy atom. The van der Waals surface area contributed by atoms with E-state index >= 15 is 0 Å². The van der Waals surface area contributed by atoms with Gasteiger partial charge in [0.2, 0.25) is 15.9 Å². The maximum absolute atomic E-state index is 12.9. The zero-order valence-electron chi connectivity index (χ0n) is 18.6. The third-order valence-corrected chi connectivity index (χ3v) is 7.69. The molecule has 2 aromatic carbocycles. The Morgan fingerprint density at radius 3 is 2.39 bits per heavy atom. The van der Waals surface area contributed by atoms with Crippen LogP contribution in [0.2, 0.25) is 0 Å². The summed E-state index contributed by atoms with van der Waals surface area (Å²) in [6.07, 6.45) is 4.80. The lowest BCUT2D eigenvalue weighted by molar-refractivity contribution is -0.115. The zero-order chi connectivity index (χ0) is 22.4. The van der Waals surface area contributed by atoms with Crippen LogP contribution in [0.15, 0.2) is 41.3 Å². The second-order valence-corrected chi connectivity index (χ2v) is 9.65. The molecule has 31 heavy (non-hydrogen) atoms. The van der Waals surface area contributed by atoms with Gasteiger partial charge in [-0.2, -0.15) is 4.31 Å². The number of hydrogen-bond donors (Lipinski definition) is 1. The van der Waals surface area contributed by atoms with Gasteiger partial charge >= 0.3 is 0 Å². The number of sulfonamides is 1. The average molecular weight is 445 g/mol. The molecule has 168 valence electrons. The SMILES string of the molecule is CCOc1ccc(S(=O)(=O)N(CC)CC)cc1NC(=O)Cc1ccc2c(c1)CCCC2. The van der Waals surface area contributed by atoms with E-state index in [4.69, 9.17) is 4.74 Å². The van der Waals surface area contributed by atoms with E-state index in [0.29, 0.717) is 31.1 Å². The minimum Gasteiger partial charge on any atom is -0.492 e. The summed E-state index contributed by atoms with van der Waals surface area (Å²) in [4.78, 5) is 12.9. The van der Waals surface area contributed by atoms with Crippen molar-refractivity contribution < 1.29 is 17.9 Å². The topological polar surface area (TPSA) is 75.7 Å². The number of nitrogens with one attached hydrogen (secondary N) is 1. The van der Waals surface area contributed by atoms with Crippen LogP contribution in [0.4, 0.5) is 5.69 Å². The second-order valence-electron chi connectivity index (χ2n) is 7.72. The maximum atomic E-state index is 12.9. The van der Waals surface area contributed by atoms with Gasteiger partial charge in [-0.05, 0) is 67.5 Å². The average Bonchev–Trinajstić information content (AvgIpc) is 2.75. The highest BCUT2D eigenvalue weighted by Gasteiger charge is 2.23. The molecule has 0 aliphatic heterocycles. The minimum atomic E-state index is -3.63. The lowest BCUT2D eigenvalue weighted by Crippen LogP contribution is -2.30. The van der Waals surface area contributed by atoms with Crippen LogP contribution < -0.4 is 10.1 Å². The molecule has 0 atom stereocenters. The van der Waals surface area contributed by atoms with E-state index in [0.717, 1.165) is 18.4 Å². The van der Waals surface area contributed by atoms with Crippen molar-refractivity contribution in [3.8, 4) is 5.75 Å². The van der Waals surface area contributed by atoms with Gasteiger partial charge < -0.3 is 10.1 Å². The van der Waals surface area contributed by atoms with Crippen molar-refractivity contribution in [2.75, 3.05) is 25.0 Å². The molecule has 1 amide bonds. The van der Waals surface area contributed by atoms with Gasteiger partial charge in [-0.15, -0.1) is 0 Å². The predicted octanol–water partition coefficient (Wildman–Crippen LogP) is 4.18. The Kier molecular flexibility index (Phi) is 7.73. The number of carbonyl (C=O) groups is 1. The Morgan fingerprint density at radius 1 is 1.00 bits per heavy atom. The number of aryl methyl sites for hydroxylation is 2. The Balaban J connectivity index is 1.82. The molecule has 0 saturated heterocycles. The van der Waals surface area contributed by atoms with E-state index < -0.39 is 10.0 Å². The zero-order valence-corrected chi connectivity index (χ0v) is 19.4. The van der Waals surface area contributed by atoms with Crippen molar-refractivity contribution in [3.05, 3.63) is 53.1 Å². The molecule has 0 saturated carbocycles. The summed E-state index contributed by atoms with van der Waals surface area (Å²) in [5.74, 6) is 0.258. The van der Waals surface area contributed by atoms with Crippen molar-refractivity contribution in [2.24, 2.45) is 0 Å². The van der Waals surface area contributed by atoms with Crippen LogP contribution in [0.1, 0.15) is 50.3 Å². The van der Waals surface area contributed by atoms with Crippen LogP contribution in [0.25, 0.3) is 0 Å². The normalized spacial score (nSPS) is 13.7. The van der Waals surface area contributed by atoms with Gasteiger partial charge in [0, 0.05) is 13.1 Å². The highest BCUT2D eigenvalue weighted by Crippen LogP contribution is 2.30. The molecule has 2 aromatic rings. The molecule has 0 fully saturated rings. The molecule has 0 heterocycles. The first-order valence-corrected chi connectivity index (χ1v) is 12.5. The fraction of sp³-hybridized carbons (Fsp3) is 0.458. The van der Waals surface area contributed by atoms with Gasteiger partial charge in [0.05, 0.1) is 23.6 Å². The largest absolute Gasteiger partial charge is 0.492 e. The van der Waals surface area contributed by atoms with E-state index in [1.165, 1.54) is 40.4 Å². The monoisotopic (exact) mass is 444 g/mol. The van der Waals surface area contributed by atoms with E-state index in [-0.39, 0.29) is 17.2 Å². The number of hydrogen-bond acceptors (Lipinski definition) is 4. The van der Waals surface area contributed by atoms with Gasteiger partial charge in [0.1, 0.15) is 5.75 Å². The van der Waals surface area contributed by atoms with Crippen molar-refractivity contribution >= 4 is 21.6 Å². The lowest BCUT2D eigenvalue weighted by atomic mass is 9.90. The fourth-order valence-corrected chi connectivity index (χ4v) is 5.52. The molecule has 1 aliphatic rings. The molecule has 1 N–H and O–H groups in total. The van der Waals surface area contributed by atoms with Crippen LogP contribution in [0.3, 0.4) is 0 Å². The number of rotatable bonds is 9. The first kappa shape index (κ1) is 23.3. The van der Waals surface area contributed by atoms with Crippen molar-refractivity contribution in [2.45, 2.75) is 57.8 Å². The number of ether oxygens (including phenoxy) is 1. The summed E-state index contributed by atoms with van der Waals surface area (Å²) in [6.45, 7) is 6.63. The van der Waals surface area contributed by atoms with E-state index in [1.807, 2.05) is 13.0 Å². The van der Waals surface area contributed by atoms with Crippen LogP contribution in [-0.2, 0) is 34.1 Å². The third kappa shape index (κ3) is 5.46. The first-order chi connectivity index (χ1) is 14.9. The number of fused-ring (bicyclic) bond motifs is 1. The van der Waals surface area contributed by atoms with Gasteiger partial charge in [0.15, 0.2) is 0 Å². The second kappa shape index (κ2) is 10.3. The third-order valence-electron chi connectivity index (χ3n) is 5.65. The highest BCUT2D eigenvalue weighted by molar-refractivity contribution is 7.89. The molecule has 6 nitrogen and oxygen atoms in total. The van der Waals surface area contributed by atoms with Crippen LogP contribution in [0.5, 0.6) is 5.75 Å². The molecule has 7 heteroatoms. The van der Waals surface area contributed by atoms with Crippen molar-refractivity contribution in [3.63, 3.8) is 0 Å². The van der Waals surface area contributed by atoms with Gasteiger partial charge in [-0.1, -0.05) is 32.0 Å². The smallest absolute Gasteiger partial charge is 0.243 e. The molecule has 1 aliphatic carbocycles. The molecule has 0 spiro atoms. The molecular weight excluding hydrogens is 412 g/mol. The van der Waals surface area contributed by atoms with Gasteiger partial charge in [0.25, 0.3) is 0 Å². The van der Waals surface area contributed by atoms with Crippen LogP contribution in [0, 0.1) is 0 Å². The molecule has 3 rings (SSSR count). The molecule has 0 bridgehead atoms. The van der Waals surface area contributed by atoms with Crippen LogP contribution in [-0.4, -0.2) is 38.3 Å². The highest BCUT2D eigenvalue weighted by atomic mass is 32.2. The summed E-state index contributed by atoms with van der Waals surface area (Å²) in [6, 6.07) is 10.9. The van der Waals surface area contributed by atoms with E-state index in [9.17, 15) is 13.2 Å². The number of carbonyl (C=O) groups excluding carboxylic acids is 1. The van der Waals surface area contributed by atoms with Gasteiger partial charge in [-0.3, -0.25) is 4.79 Å². The number of anilines is 1. The maximum Gasteiger partial charge on any atom is 0.243 e. The Hall–Kier alpha value is -2.38. The number of benzene rings is 2. The van der Waals surface area contributed by atoms with E-state index in [1.54, 1.807) is 19.9 Å². The number of nitrogens with zero attached hydrogens (tertiary/aromatic N) is 1. The summed E-state index contributed by atoms with van der Waals surface area (Å²) >= 11 is 0. The first-order valence-electron chi connectivity index (χ1n) is 11.1. The quantitative estimate of drug-likeness (QED) is 0.630. The molecule has 0 radical (unpaired) electrons. The van der Waals surface area contributed by atoms with Crippen molar-refractivity contribution in [1.29, 1.82) is 0 Å².